The molecule has 0 aromatic rings. The normalized spacial score (nSPS) is 38.4. The summed E-state index contributed by atoms with van der Waals surface area (Å²) in [5, 5.41) is 0. The van der Waals surface area contributed by atoms with Crippen LogP contribution >= 0.6 is 0 Å². The van der Waals surface area contributed by atoms with E-state index < -0.39 is 5.60 Å². The molecule has 0 unspecified atom stereocenters. The molecule has 5 rings (SSSR count). The number of hydrogen-bond donors (Lipinski definition) is 0. The fourth-order valence-corrected chi connectivity index (χ4v) is 5.60. The van der Waals surface area contributed by atoms with Gasteiger partial charge < -0.3 is 4.74 Å². The molecule has 5 aliphatic rings. The molecule has 3 nitrogen and oxygen atoms in total. The SMILES string of the molecule is O=C1C=C2C(C#CC3CCCCC3)=C[C@@H]3C[C@@]2(O1)[C@H]1CCCCN31. The van der Waals surface area contributed by atoms with Crippen LogP contribution in [-0.4, -0.2) is 35.1 Å². The molecule has 24 heavy (non-hydrogen) atoms. The molecule has 0 amide bonds. The van der Waals surface area contributed by atoms with Gasteiger partial charge in [0.25, 0.3) is 0 Å². The molecule has 1 spiro atoms. The van der Waals surface area contributed by atoms with Gasteiger partial charge in [-0.2, -0.15) is 0 Å². The van der Waals surface area contributed by atoms with Gasteiger partial charge in [0, 0.05) is 35.6 Å². The molecule has 3 fully saturated rings. The first-order valence-electron chi connectivity index (χ1n) is 9.71. The van der Waals surface area contributed by atoms with Gasteiger partial charge in [-0.25, -0.2) is 4.79 Å². The number of carbonyl (C=O) groups is 1. The van der Waals surface area contributed by atoms with Crippen LogP contribution in [0.5, 0.6) is 0 Å². The molecule has 2 bridgehead atoms. The minimum atomic E-state index is -0.395. The van der Waals surface area contributed by atoms with Gasteiger partial charge in [-0.15, -0.1) is 0 Å². The van der Waals surface area contributed by atoms with Gasteiger partial charge in [-0.05, 0) is 32.2 Å². The first kappa shape index (κ1) is 14.8. The summed E-state index contributed by atoms with van der Waals surface area (Å²) < 4.78 is 5.95. The van der Waals surface area contributed by atoms with Crippen molar-refractivity contribution in [2.24, 2.45) is 5.92 Å². The van der Waals surface area contributed by atoms with E-state index in [1.807, 2.05) is 0 Å². The van der Waals surface area contributed by atoms with Crippen LogP contribution in [0.25, 0.3) is 0 Å². The molecular weight excluding hydrogens is 298 g/mol. The number of hydrogen-bond acceptors (Lipinski definition) is 3. The first-order valence-corrected chi connectivity index (χ1v) is 9.71. The van der Waals surface area contributed by atoms with E-state index in [2.05, 4.69) is 22.8 Å². The van der Waals surface area contributed by atoms with Crippen LogP contribution < -0.4 is 0 Å². The quantitative estimate of drug-likeness (QED) is 0.506. The summed E-state index contributed by atoms with van der Waals surface area (Å²) in [5.74, 6) is 7.37. The average molecular weight is 323 g/mol. The van der Waals surface area contributed by atoms with E-state index in [-0.39, 0.29) is 5.97 Å². The number of esters is 1. The number of nitrogens with zero attached hydrogens (tertiary/aromatic N) is 1. The lowest BCUT2D eigenvalue weighted by molar-refractivity contribution is -0.148. The molecule has 3 atom stereocenters. The van der Waals surface area contributed by atoms with E-state index in [0.29, 0.717) is 18.0 Å². The standard InChI is InChI=1S/C21H25NO2/c23-20-13-18-16(10-9-15-6-2-1-3-7-15)12-17-14-21(18,24-20)19-8-4-5-11-22(17)19/h12-13,15,17,19H,1-8,11,14H2/t17-,19-,21+/m1/s1. The van der Waals surface area contributed by atoms with Crippen LogP contribution in [0.1, 0.15) is 57.8 Å². The molecule has 0 N–H and O–H groups in total. The van der Waals surface area contributed by atoms with E-state index in [9.17, 15) is 4.79 Å². The molecule has 2 saturated heterocycles. The van der Waals surface area contributed by atoms with E-state index in [4.69, 9.17) is 4.74 Å². The summed E-state index contributed by atoms with van der Waals surface area (Å²) in [6, 6.07) is 0.758. The smallest absolute Gasteiger partial charge is 0.332 e. The van der Waals surface area contributed by atoms with Crippen molar-refractivity contribution >= 4 is 5.97 Å². The minimum absolute atomic E-state index is 0.163. The highest BCUT2D eigenvalue weighted by molar-refractivity contribution is 5.90. The van der Waals surface area contributed by atoms with Gasteiger partial charge in [-0.1, -0.05) is 43.6 Å². The van der Waals surface area contributed by atoms with Crippen LogP contribution in [-0.2, 0) is 9.53 Å². The number of ether oxygens (including phenoxy) is 1. The Labute approximate surface area is 144 Å². The molecular formula is C21H25NO2. The highest BCUT2D eigenvalue weighted by atomic mass is 16.6. The van der Waals surface area contributed by atoms with Gasteiger partial charge in [-0.3, -0.25) is 4.90 Å². The molecule has 0 aromatic heterocycles. The Kier molecular flexibility index (Phi) is 3.38. The Morgan fingerprint density at radius 3 is 2.83 bits per heavy atom. The summed E-state index contributed by atoms with van der Waals surface area (Å²) in [4.78, 5) is 14.7. The summed E-state index contributed by atoms with van der Waals surface area (Å²) >= 11 is 0. The van der Waals surface area contributed by atoms with Crippen molar-refractivity contribution in [3.05, 3.63) is 23.3 Å². The van der Waals surface area contributed by atoms with Crippen molar-refractivity contribution in [1.29, 1.82) is 0 Å². The zero-order valence-electron chi connectivity index (χ0n) is 14.2. The largest absolute Gasteiger partial charge is 0.449 e. The monoisotopic (exact) mass is 323 g/mol. The van der Waals surface area contributed by atoms with Crippen molar-refractivity contribution in [2.45, 2.75) is 75.5 Å². The summed E-state index contributed by atoms with van der Waals surface area (Å²) in [6.45, 7) is 1.13. The van der Waals surface area contributed by atoms with Crippen LogP contribution in [0.4, 0.5) is 0 Å². The van der Waals surface area contributed by atoms with Crippen molar-refractivity contribution in [1.82, 2.24) is 4.90 Å². The van der Waals surface area contributed by atoms with E-state index in [0.717, 1.165) is 30.5 Å². The number of fused-ring (bicyclic) bond motifs is 3. The molecule has 3 heteroatoms. The van der Waals surface area contributed by atoms with Gasteiger partial charge >= 0.3 is 5.97 Å². The molecule has 126 valence electrons. The zero-order valence-corrected chi connectivity index (χ0v) is 14.2. The van der Waals surface area contributed by atoms with Gasteiger partial charge in [0.1, 0.15) is 0 Å². The molecule has 2 aliphatic carbocycles. The molecule has 0 aromatic carbocycles. The Morgan fingerprint density at radius 2 is 1.96 bits per heavy atom. The van der Waals surface area contributed by atoms with Crippen molar-refractivity contribution < 1.29 is 9.53 Å². The van der Waals surface area contributed by atoms with Crippen LogP contribution in [0, 0.1) is 17.8 Å². The molecule has 0 radical (unpaired) electrons. The first-order chi connectivity index (χ1) is 11.8. The summed E-state index contributed by atoms with van der Waals surface area (Å²) in [7, 11) is 0. The van der Waals surface area contributed by atoms with Crippen LogP contribution in [0.2, 0.25) is 0 Å². The second-order valence-electron chi connectivity index (χ2n) is 8.07. The van der Waals surface area contributed by atoms with Gasteiger partial charge in [0.2, 0.25) is 0 Å². The van der Waals surface area contributed by atoms with Crippen LogP contribution in [0.3, 0.4) is 0 Å². The van der Waals surface area contributed by atoms with Crippen molar-refractivity contribution in [3.63, 3.8) is 0 Å². The predicted octanol–water partition coefficient (Wildman–Crippen LogP) is 3.36. The maximum atomic E-state index is 12.1. The highest BCUT2D eigenvalue weighted by Crippen LogP contribution is 2.53. The molecule has 1 saturated carbocycles. The zero-order chi connectivity index (χ0) is 16.1. The van der Waals surface area contributed by atoms with E-state index in [1.165, 1.54) is 44.9 Å². The lowest BCUT2D eigenvalue weighted by Gasteiger charge is -2.38. The number of carbonyl (C=O) groups excluding carboxylic acids is 1. The Hall–Kier alpha value is -1.53. The minimum Gasteiger partial charge on any atom is -0.449 e. The maximum absolute atomic E-state index is 12.1. The maximum Gasteiger partial charge on any atom is 0.332 e. The van der Waals surface area contributed by atoms with E-state index in [1.54, 1.807) is 6.08 Å². The average Bonchev–Trinajstić information content (AvgIpc) is 3.09. The third kappa shape index (κ3) is 2.12. The third-order valence-electron chi connectivity index (χ3n) is 6.69. The fourth-order valence-electron chi connectivity index (χ4n) is 5.60. The highest BCUT2D eigenvalue weighted by Gasteiger charge is 2.61. The second kappa shape index (κ2) is 5.49. The summed E-state index contributed by atoms with van der Waals surface area (Å²) in [5.41, 5.74) is 1.77. The van der Waals surface area contributed by atoms with Gasteiger partial charge in [0.15, 0.2) is 5.60 Å². The summed E-state index contributed by atoms with van der Waals surface area (Å²) in [6.07, 6.45) is 15.1. The van der Waals surface area contributed by atoms with Gasteiger partial charge in [0.05, 0.1) is 6.04 Å². The van der Waals surface area contributed by atoms with Crippen LogP contribution in [0.15, 0.2) is 23.3 Å². The Morgan fingerprint density at radius 1 is 1.12 bits per heavy atom. The molecule has 3 heterocycles. The van der Waals surface area contributed by atoms with Crippen molar-refractivity contribution in [2.75, 3.05) is 6.54 Å². The third-order valence-corrected chi connectivity index (χ3v) is 6.69. The number of rotatable bonds is 0. The Bertz CT molecular complexity index is 688. The topological polar surface area (TPSA) is 29.5 Å². The second-order valence-corrected chi connectivity index (χ2v) is 8.07. The number of piperidine rings is 1. The lowest BCUT2D eigenvalue weighted by Crippen LogP contribution is -2.48. The lowest BCUT2D eigenvalue weighted by atomic mass is 9.76. The van der Waals surface area contributed by atoms with E-state index >= 15 is 0 Å². The predicted molar refractivity (Wildman–Crippen MR) is 92.1 cm³/mol. The van der Waals surface area contributed by atoms with Crippen molar-refractivity contribution in [3.8, 4) is 11.8 Å². The Balaban J connectivity index is 1.51. The fraction of sp³-hybridized carbons (Fsp3) is 0.667. The molecule has 3 aliphatic heterocycles.